The SMILES string of the molecule is Cn1c(CCNC(=O)C2CC2)nc2cc(NC(=O)[C@@H]3CCCO3)ccc21. The highest BCUT2D eigenvalue weighted by molar-refractivity contribution is 5.96. The molecular weight excluding hydrogens is 332 g/mol. The molecule has 0 bridgehead atoms. The van der Waals surface area contributed by atoms with Gasteiger partial charge in [0.2, 0.25) is 5.91 Å². The highest BCUT2D eigenvalue weighted by Crippen LogP contribution is 2.28. The zero-order valence-corrected chi connectivity index (χ0v) is 15.0. The molecule has 0 unspecified atom stereocenters. The molecule has 2 aromatic rings. The van der Waals surface area contributed by atoms with Crippen LogP contribution >= 0.6 is 0 Å². The normalized spacial score (nSPS) is 19.7. The number of imidazole rings is 1. The van der Waals surface area contributed by atoms with Gasteiger partial charge in [0, 0.05) is 38.2 Å². The maximum absolute atomic E-state index is 12.2. The van der Waals surface area contributed by atoms with Crippen LogP contribution in [0.3, 0.4) is 0 Å². The van der Waals surface area contributed by atoms with Gasteiger partial charge in [0.15, 0.2) is 0 Å². The molecule has 7 heteroatoms. The van der Waals surface area contributed by atoms with E-state index >= 15 is 0 Å². The van der Waals surface area contributed by atoms with Gasteiger partial charge in [-0.3, -0.25) is 9.59 Å². The van der Waals surface area contributed by atoms with Crippen LogP contribution < -0.4 is 10.6 Å². The number of ether oxygens (including phenoxy) is 1. The number of hydrogen-bond acceptors (Lipinski definition) is 4. The Kier molecular flexibility index (Phi) is 4.63. The second kappa shape index (κ2) is 7.07. The highest BCUT2D eigenvalue weighted by Gasteiger charge is 2.29. The molecule has 2 fully saturated rings. The first kappa shape index (κ1) is 17.0. The second-order valence-corrected chi connectivity index (χ2v) is 7.10. The zero-order chi connectivity index (χ0) is 18.1. The first-order valence-corrected chi connectivity index (χ1v) is 9.27. The van der Waals surface area contributed by atoms with Crippen LogP contribution in [0.1, 0.15) is 31.5 Å². The Morgan fingerprint density at radius 3 is 2.85 bits per heavy atom. The number of aryl methyl sites for hydroxylation is 1. The molecule has 1 saturated carbocycles. The minimum absolute atomic E-state index is 0.0965. The maximum Gasteiger partial charge on any atom is 0.253 e. The van der Waals surface area contributed by atoms with Crippen molar-refractivity contribution in [1.29, 1.82) is 0 Å². The van der Waals surface area contributed by atoms with Gasteiger partial charge in [0.05, 0.1) is 11.0 Å². The summed E-state index contributed by atoms with van der Waals surface area (Å²) in [5, 5.41) is 5.88. The summed E-state index contributed by atoms with van der Waals surface area (Å²) in [4.78, 5) is 28.6. The molecule has 2 amide bonds. The van der Waals surface area contributed by atoms with Gasteiger partial charge in [-0.2, -0.15) is 0 Å². The standard InChI is InChI=1S/C19H24N4O3/c1-23-15-7-6-13(21-19(25)16-3-2-10-26-16)11-14(15)22-17(23)8-9-20-18(24)12-4-5-12/h6-7,11-12,16H,2-5,8-10H2,1H3,(H,20,24)(H,21,25)/t16-/m0/s1. The van der Waals surface area contributed by atoms with Gasteiger partial charge in [-0.1, -0.05) is 0 Å². The first-order chi connectivity index (χ1) is 12.6. The van der Waals surface area contributed by atoms with E-state index in [2.05, 4.69) is 15.6 Å². The molecule has 1 aromatic heterocycles. The van der Waals surface area contributed by atoms with Crippen LogP contribution in [0, 0.1) is 5.92 Å². The Labute approximate surface area is 152 Å². The van der Waals surface area contributed by atoms with Crippen molar-refractivity contribution in [2.75, 3.05) is 18.5 Å². The van der Waals surface area contributed by atoms with Crippen LogP contribution in [-0.4, -0.2) is 40.6 Å². The number of anilines is 1. The summed E-state index contributed by atoms with van der Waals surface area (Å²) in [6.45, 7) is 1.24. The summed E-state index contributed by atoms with van der Waals surface area (Å²) in [6.07, 6.45) is 4.06. The van der Waals surface area contributed by atoms with Crippen molar-refractivity contribution in [2.24, 2.45) is 13.0 Å². The summed E-state index contributed by atoms with van der Waals surface area (Å²) in [5.41, 5.74) is 2.56. The summed E-state index contributed by atoms with van der Waals surface area (Å²) in [7, 11) is 1.97. The van der Waals surface area contributed by atoms with Crippen molar-refractivity contribution in [2.45, 2.75) is 38.2 Å². The van der Waals surface area contributed by atoms with E-state index in [1.54, 1.807) is 0 Å². The third-order valence-corrected chi connectivity index (χ3v) is 5.06. The number of fused-ring (bicyclic) bond motifs is 1. The summed E-state index contributed by atoms with van der Waals surface area (Å²) < 4.78 is 7.45. The number of aromatic nitrogens is 2. The summed E-state index contributed by atoms with van der Waals surface area (Å²) >= 11 is 0. The maximum atomic E-state index is 12.2. The second-order valence-electron chi connectivity index (χ2n) is 7.10. The van der Waals surface area contributed by atoms with Gasteiger partial charge in [-0.05, 0) is 43.9 Å². The molecule has 1 aliphatic heterocycles. The average molecular weight is 356 g/mol. The zero-order valence-electron chi connectivity index (χ0n) is 15.0. The van der Waals surface area contributed by atoms with Crippen molar-refractivity contribution in [3.05, 3.63) is 24.0 Å². The Balaban J connectivity index is 1.42. The van der Waals surface area contributed by atoms with E-state index in [0.717, 1.165) is 48.2 Å². The predicted molar refractivity (Wildman–Crippen MR) is 97.8 cm³/mol. The number of benzene rings is 1. The van der Waals surface area contributed by atoms with Crippen molar-refractivity contribution in [3.8, 4) is 0 Å². The van der Waals surface area contributed by atoms with Gasteiger partial charge in [-0.25, -0.2) is 4.98 Å². The Hall–Kier alpha value is -2.41. The number of carbonyl (C=O) groups is 2. The lowest BCUT2D eigenvalue weighted by atomic mass is 10.2. The summed E-state index contributed by atoms with van der Waals surface area (Å²) in [5.74, 6) is 1.20. The van der Waals surface area contributed by atoms with Crippen LogP contribution in [0.5, 0.6) is 0 Å². The van der Waals surface area contributed by atoms with Crippen LogP contribution in [-0.2, 0) is 27.8 Å². The van der Waals surface area contributed by atoms with Gasteiger partial charge < -0.3 is 19.9 Å². The number of rotatable bonds is 6. The molecule has 1 aliphatic carbocycles. The van der Waals surface area contributed by atoms with Crippen LogP contribution in [0.25, 0.3) is 11.0 Å². The molecular formula is C19H24N4O3. The number of nitrogens with one attached hydrogen (secondary N) is 2. The van der Waals surface area contributed by atoms with Crippen molar-refractivity contribution >= 4 is 28.5 Å². The molecule has 2 N–H and O–H groups in total. The number of amides is 2. The van der Waals surface area contributed by atoms with Crippen molar-refractivity contribution in [1.82, 2.24) is 14.9 Å². The first-order valence-electron chi connectivity index (χ1n) is 9.27. The van der Waals surface area contributed by atoms with E-state index in [-0.39, 0.29) is 23.8 Å². The largest absolute Gasteiger partial charge is 0.368 e. The number of carbonyl (C=O) groups excluding carboxylic acids is 2. The topological polar surface area (TPSA) is 85.3 Å². The smallest absolute Gasteiger partial charge is 0.253 e. The Morgan fingerprint density at radius 1 is 1.27 bits per heavy atom. The van der Waals surface area contributed by atoms with Crippen LogP contribution in [0.2, 0.25) is 0 Å². The van der Waals surface area contributed by atoms with Crippen LogP contribution in [0.4, 0.5) is 5.69 Å². The Bertz CT molecular complexity index is 835. The van der Waals surface area contributed by atoms with E-state index in [0.29, 0.717) is 19.6 Å². The quantitative estimate of drug-likeness (QED) is 0.826. The molecule has 1 aromatic carbocycles. The molecule has 2 aliphatic rings. The lowest BCUT2D eigenvalue weighted by Gasteiger charge is -2.10. The molecule has 1 atom stereocenters. The minimum Gasteiger partial charge on any atom is -0.368 e. The molecule has 26 heavy (non-hydrogen) atoms. The fourth-order valence-electron chi connectivity index (χ4n) is 3.35. The van der Waals surface area contributed by atoms with Gasteiger partial charge >= 0.3 is 0 Å². The van der Waals surface area contributed by atoms with Gasteiger partial charge in [-0.15, -0.1) is 0 Å². The van der Waals surface area contributed by atoms with Gasteiger partial charge in [0.1, 0.15) is 11.9 Å². The summed E-state index contributed by atoms with van der Waals surface area (Å²) in [6, 6.07) is 5.73. The highest BCUT2D eigenvalue weighted by atomic mass is 16.5. The molecule has 0 spiro atoms. The molecule has 1 saturated heterocycles. The fraction of sp³-hybridized carbons (Fsp3) is 0.526. The van der Waals surface area contributed by atoms with Crippen LogP contribution in [0.15, 0.2) is 18.2 Å². The van der Waals surface area contributed by atoms with E-state index < -0.39 is 0 Å². The number of hydrogen-bond donors (Lipinski definition) is 2. The molecule has 2 heterocycles. The van der Waals surface area contributed by atoms with Gasteiger partial charge in [0.25, 0.3) is 5.91 Å². The average Bonchev–Trinajstić information content (AvgIpc) is 3.25. The lowest BCUT2D eigenvalue weighted by Crippen LogP contribution is -2.27. The lowest BCUT2D eigenvalue weighted by molar-refractivity contribution is -0.124. The van der Waals surface area contributed by atoms with E-state index in [1.165, 1.54) is 0 Å². The predicted octanol–water partition coefficient (Wildman–Crippen LogP) is 1.76. The molecule has 7 nitrogen and oxygen atoms in total. The van der Waals surface area contributed by atoms with E-state index in [4.69, 9.17) is 4.74 Å². The fourth-order valence-corrected chi connectivity index (χ4v) is 3.35. The van der Waals surface area contributed by atoms with Crippen molar-refractivity contribution in [3.63, 3.8) is 0 Å². The Morgan fingerprint density at radius 2 is 2.12 bits per heavy atom. The minimum atomic E-state index is -0.347. The molecule has 4 rings (SSSR count). The van der Waals surface area contributed by atoms with E-state index in [1.807, 2.05) is 29.8 Å². The molecule has 138 valence electrons. The third-order valence-electron chi connectivity index (χ3n) is 5.06. The third kappa shape index (κ3) is 3.58. The number of nitrogens with zero attached hydrogens (tertiary/aromatic N) is 2. The monoisotopic (exact) mass is 356 g/mol. The molecule has 0 radical (unpaired) electrons. The van der Waals surface area contributed by atoms with E-state index in [9.17, 15) is 9.59 Å². The van der Waals surface area contributed by atoms with Crippen molar-refractivity contribution < 1.29 is 14.3 Å².